The van der Waals surface area contributed by atoms with Crippen LogP contribution in [0.15, 0.2) is 83.3 Å². The summed E-state index contributed by atoms with van der Waals surface area (Å²) in [6.45, 7) is 2.96. The Labute approximate surface area is 233 Å². The molecule has 1 saturated carbocycles. The van der Waals surface area contributed by atoms with Gasteiger partial charge < -0.3 is 24.1 Å². The summed E-state index contributed by atoms with van der Waals surface area (Å²) in [5, 5.41) is 2.82. The van der Waals surface area contributed by atoms with Crippen LogP contribution in [0.2, 0.25) is 0 Å². The van der Waals surface area contributed by atoms with Crippen molar-refractivity contribution in [3.63, 3.8) is 0 Å². The maximum absolute atomic E-state index is 13.3. The van der Waals surface area contributed by atoms with Crippen LogP contribution in [0.4, 0.5) is 5.69 Å². The second-order valence-corrected chi connectivity index (χ2v) is 10.5. The average Bonchev–Trinajstić information content (AvgIpc) is 3.73. The Bertz CT molecular complexity index is 1520. The Morgan fingerprint density at radius 1 is 0.950 bits per heavy atom. The lowest BCUT2D eigenvalue weighted by Gasteiger charge is -2.38. The van der Waals surface area contributed by atoms with E-state index < -0.39 is 0 Å². The van der Waals surface area contributed by atoms with Gasteiger partial charge in [0, 0.05) is 18.2 Å². The number of benzene rings is 3. The molecule has 0 bridgehead atoms. The fourth-order valence-electron chi connectivity index (χ4n) is 5.19. The largest absolute Gasteiger partial charge is 0.497 e. The highest BCUT2D eigenvalue weighted by molar-refractivity contribution is 6.02. The molecule has 0 saturated heterocycles. The summed E-state index contributed by atoms with van der Waals surface area (Å²) in [7, 11) is 1.59. The van der Waals surface area contributed by atoms with E-state index in [4.69, 9.17) is 13.9 Å². The van der Waals surface area contributed by atoms with Gasteiger partial charge in [0.1, 0.15) is 23.9 Å². The van der Waals surface area contributed by atoms with Crippen molar-refractivity contribution in [3.05, 3.63) is 113 Å². The molecule has 1 aromatic heterocycles. The molecule has 1 atom stereocenters. The number of amides is 2. The summed E-state index contributed by atoms with van der Waals surface area (Å²) in [5.41, 5.74) is 5.27. The van der Waals surface area contributed by atoms with Gasteiger partial charge in [-0.25, -0.2) is 0 Å². The van der Waals surface area contributed by atoms with E-state index in [1.165, 1.54) is 11.1 Å². The minimum atomic E-state index is -0.341. The molecule has 4 aromatic rings. The van der Waals surface area contributed by atoms with Gasteiger partial charge in [-0.15, -0.1) is 0 Å². The summed E-state index contributed by atoms with van der Waals surface area (Å²) in [5.74, 6) is 2.21. The number of carbonyl (C=O) groups excluding carboxylic acids is 2. The molecule has 6 rings (SSSR count). The van der Waals surface area contributed by atoms with Gasteiger partial charge in [-0.05, 0) is 91.4 Å². The number of furan rings is 1. The molecule has 1 aliphatic carbocycles. The first-order chi connectivity index (χ1) is 19.5. The second kappa shape index (κ2) is 10.9. The Hall–Kier alpha value is -4.52. The van der Waals surface area contributed by atoms with Gasteiger partial charge in [0.2, 0.25) is 5.91 Å². The zero-order valence-electron chi connectivity index (χ0n) is 22.7. The molecule has 2 heterocycles. The summed E-state index contributed by atoms with van der Waals surface area (Å²) < 4.78 is 17.0. The normalized spacial score (nSPS) is 16.2. The van der Waals surface area contributed by atoms with Crippen molar-refractivity contribution in [2.75, 3.05) is 19.0 Å². The first-order valence-corrected chi connectivity index (χ1v) is 13.7. The fourth-order valence-corrected chi connectivity index (χ4v) is 5.19. The Kier molecular flexibility index (Phi) is 7.03. The van der Waals surface area contributed by atoms with Gasteiger partial charge in [-0.1, -0.05) is 35.9 Å². The van der Waals surface area contributed by atoms with Crippen molar-refractivity contribution < 1.29 is 23.5 Å². The van der Waals surface area contributed by atoms with Crippen LogP contribution in [0.25, 0.3) is 0 Å². The van der Waals surface area contributed by atoms with Gasteiger partial charge in [-0.3, -0.25) is 9.59 Å². The van der Waals surface area contributed by atoms with E-state index in [0.29, 0.717) is 22.9 Å². The minimum Gasteiger partial charge on any atom is -0.497 e. The lowest BCUT2D eigenvalue weighted by Crippen LogP contribution is -2.41. The monoisotopic (exact) mass is 536 g/mol. The van der Waals surface area contributed by atoms with E-state index in [-0.39, 0.29) is 36.1 Å². The van der Waals surface area contributed by atoms with Crippen LogP contribution in [-0.2, 0) is 17.8 Å². The van der Waals surface area contributed by atoms with E-state index in [0.717, 1.165) is 36.9 Å². The van der Waals surface area contributed by atoms with Crippen molar-refractivity contribution >= 4 is 17.5 Å². The zero-order chi connectivity index (χ0) is 27.6. The van der Waals surface area contributed by atoms with Gasteiger partial charge in [0.05, 0.1) is 13.2 Å². The van der Waals surface area contributed by atoms with E-state index in [9.17, 15) is 9.59 Å². The molecule has 3 aromatic carbocycles. The van der Waals surface area contributed by atoms with Crippen molar-refractivity contribution in [2.45, 2.75) is 38.8 Å². The molecular weight excluding hydrogens is 504 g/mol. The third kappa shape index (κ3) is 5.45. The number of anilines is 1. The Morgan fingerprint density at radius 3 is 2.42 bits per heavy atom. The molecule has 0 spiro atoms. The summed E-state index contributed by atoms with van der Waals surface area (Å²) >= 11 is 0. The van der Waals surface area contributed by atoms with Crippen LogP contribution < -0.4 is 14.8 Å². The average molecular weight is 537 g/mol. The van der Waals surface area contributed by atoms with Gasteiger partial charge >= 0.3 is 0 Å². The number of carbonyl (C=O) groups is 2. The van der Waals surface area contributed by atoms with Gasteiger partial charge in [0.15, 0.2) is 5.76 Å². The zero-order valence-corrected chi connectivity index (χ0v) is 22.7. The van der Waals surface area contributed by atoms with E-state index in [2.05, 4.69) is 47.5 Å². The number of fused-ring (bicyclic) bond motifs is 1. The number of hydrogen-bond donors (Lipinski definition) is 1. The minimum absolute atomic E-state index is 0.141. The SMILES string of the molecule is COc1ccc(NC(=O)c2ccc(COc3ccc4c(c3)[C@@H](c3ccc(C)cc3)N(C(=O)C3CC3)CC4)o2)cc1. The molecule has 204 valence electrons. The predicted molar refractivity (Wildman–Crippen MR) is 152 cm³/mol. The fraction of sp³-hybridized carbons (Fsp3) is 0.273. The molecule has 1 N–H and O–H groups in total. The quantitative estimate of drug-likeness (QED) is 0.285. The van der Waals surface area contributed by atoms with Crippen LogP contribution in [0, 0.1) is 12.8 Å². The molecule has 40 heavy (non-hydrogen) atoms. The van der Waals surface area contributed by atoms with Crippen molar-refractivity contribution in [1.82, 2.24) is 4.90 Å². The molecule has 1 aliphatic heterocycles. The third-order valence-electron chi connectivity index (χ3n) is 7.56. The topological polar surface area (TPSA) is 81.0 Å². The van der Waals surface area contributed by atoms with Crippen LogP contribution in [-0.4, -0.2) is 30.4 Å². The highest BCUT2D eigenvalue weighted by Crippen LogP contribution is 2.41. The molecular formula is C33H32N2O5. The lowest BCUT2D eigenvalue weighted by atomic mass is 9.87. The number of hydrogen-bond acceptors (Lipinski definition) is 5. The summed E-state index contributed by atoms with van der Waals surface area (Å²) in [4.78, 5) is 27.9. The number of ether oxygens (including phenoxy) is 2. The molecule has 1 fully saturated rings. The second-order valence-electron chi connectivity index (χ2n) is 10.5. The molecule has 0 radical (unpaired) electrons. The number of methoxy groups -OCH3 is 1. The standard InChI is InChI=1S/C33H32N2O5/c1-21-3-5-23(6-4-21)31-29-19-27(12-9-22(29)17-18-35(31)33(37)24-7-8-24)39-20-28-15-16-30(40-28)32(36)34-25-10-13-26(38-2)14-11-25/h3-6,9-16,19,24,31H,7-8,17-18,20H2,1-2H3,(H,34,36)/t31-/m1/s1. The van der Waals surface area contributed by atoms with E-state index >= 15 is 0 Å². The molecule has 7 heteroatoms. The number of aryl methyl sites for hydroxylation is 1. The maximum atomic E-state index is 13.3. The predicted octanol–water partition coefficient (Wildman–Crippen LogP) is 6.31. The van der Waals surface area contributed by atoms with Crippen LogP contribution in [0.3, 0.4) is 0 Å². The van der Waals surface area contributed by atoms with Gasteiger partial charge in [-0.2, -0.15) is 0 Å². The van der Waals surface area contributed by atoms with Crippen molar-refractivity contribution in [2.24, 2.45) is 5.92 Å². The van der Waals surface area contributed by atoms with Crippen molar-refractivity contribution in [1.29, 1.82) is 0 Å². The number of nitrogens with zero attached hydrogens (tertiary/aromatic N) is 1. The Balaban J connectivity index is 1.17. The number of rotatable bonds is 8. The third-order valence-corrected chi connectivity index (χ3v) is 7.56. The molecule has 2 amide bonds. The Morgan fingerprint density at radius 2 is 1.70 bits per heavy atom. The summed E-state index contributed by atoms with van der Waals surface area (Å²) in [6.07, 6.45) is 2.78. The van der Waals surface area contributed by atoms with Gasteiger partial charge in [0.25, 0.3) is 5.91 Å². The number of nitrogens with one attached hydrogen (secondary N) is 1. The van der Waals surface area contributed by atoms with Crippen LogP contribution in [0.1, 0.15) is 57.5 Å². The first kappa shape index (κ1) is 25.7. The summed E-state index contributed by atoms with van der Waals surface area (Å²) in [6, 6.07) is 24.9. The van der Waals surface area contributed by atoms with E-state index in [1.807, 2.05) is 12.1 Å². The van der Waals surface area contributed by atoms with E-state index in [1.54, 1.807) is 43.5 Å². The molecule has 7 nitrogen and oxygen atoms in total. The molecule has 2 aliphatic rings. The highest BCUT2D eigenvalue weighted by atomic mass is 16.5. The smallest absolute Gasteiger partial charge is 0.291 e. The molecule has 0 unspecified atom stereocenters. The highest BCUT2D eigenvalue weighted by Gasteiger charge is 2.39. The lowest BCUT2D eigenvalue weighted by molar-refractivity contribution is -0.134. The van der Waals surface area contributed by atoms with Crippen LogP contribution >= 0.6 is 0 Å². The van der Waals surface area contributed by atoms with Crippen molar-refractivity contribution in [3.8, 4) is 11.5 Å². The van der Waals surface area contributed by atoms with Crippen LogP contribution in [0.5, 0.6) is 11.5 Å². The first-order valence-electron chi connectivity index (χ1n) is 13.7. The maximum Gasteiger partial charge on any atom is 0.291 e.